The highest BCUT2D eigenvalue weighted by Crippen LogP contribution is 2.15. The van der Waals surface area contributed by atoms with E-state index in [1.807, 2.05) is 20.8 Å². The molecule has 0 bridgehead atoms. The molecule has 1 aromatic rings. The molecule has 0 aliphatic rings. The third kappa shape index (κ3) is 6.03. The van der Waals surface area contributed by atoms with Crippen molar-refractivity contribution in [2.75, 3.05) is 13.1 Å². The molecule has 1 amide bonds. The Hall–Kier alpha value is -0.910. The lowest BCUT2D eigenvalue weighted by Gasteiger charge is -2.30. The number of nitrogens with two attached hydrogens (primary N) is 1. The van der Waals surface area contributed by atoms with Gasteiger partial charge in [0.25, 0.3) is 0 Å². The highest BCUT2D eigenvalue weighted by atomic mass is 32.1. The molecule has 0 radical (unpaired) electrons. The Morgan fingerprint density at radius 2 is 2.20 bits per heavy atom. The minimum Gasteiger partial charge on any atom is -0.351 e. The topological polar surface area (TPSA) is 58.4 Å². The van der Waals surface area contributed by atoms with E-state index in [9.17, 15) is 4.79 Å². The summed E-state index contributed by atoms with van der Waals surface area (Å²) in [6, 6.07) is 4.26. The summed E-state index contributed by atoms with van der Waals surface area (Å²) in [6.07, 6.45) is 0.451. The molecule has 5 heteroatoms. The predicted octanol–water partition coefficient (Wildman–Crippen LogP) is 2.20. The van der Waals surface area contributed by atoms with Crippen LogP contribution in [0.15, 0.2) is 17.5 Å². The van der Waals surface area contributed by atoms with Gasteiger partial charge in [-0.05, 0) is 38.8 Å². The van der Waals surface area contributed by atoms with E-state index in [4.69, 9.17) is 5.73 Å². The lowest BCUT2D eigenvalue weighted by Crippen LogP contribution is -2.47. The summed E-state index contributed by atoms with van der Waals surface area (Å²) in [5.41, 5.74) is 5.68. The van der Waals surface area contributed by atoms with Gasteiger partial charge in [0.2, 0.25) is 5.91 Å². The molecule has 0 saturated carbocycles. The van der Waals surface area contributed by atoms with E-state index in [0.717, 1.165) is 13.1 Å². The van der Waals surface area contributed by atoms with Crippen molar-refractivity contribution in [1.29, 1.82) is 0 Å². The van der Waals surface area contributed by atoms with Gasteiger partial charge in [0.1, 0.15) is 0 Å². The normalized spacial score (nSPS) is 13.5. The van der Waals surface area contributed by atoms with Gasteiger partial charge in [-0.1, -0.05) is 13.0 Å². The Balaban J connectivity index is 2.60. The molecule has 0 aliphatic heterocycles. The molecule has 4 nitrogen and oxygen atoms in total. The summed E-state index contributed by atoms with van der Waals surface area (Å²) in [4.78, 5) is 15.6. The van der Waals surface area contributed by atoms with E-state index in [0.29, 0.717) is 13.0 Å². The summed E-state index contributed by atoms with van der Waals surface area (Å²) in [5, 5.41) is 5.08. The third-order valence-corrected chi connectivity index (χ3v) is 3.93. The zero-order valence-corrected chi connectivity index (χ0v) is 13.8. The van der Waals surface area contributed by atoms with Gasteiger partial charge >= 0.3 is 0 Å². The van der Waals surface area contributed by atoms with Crippen LogP contribution < -0.4 is 11.1 Å². The Morgan fingerprint density at radius 3 is 2.65 bits per heavy atom. The van der Waals surface area contributed by atoms with Crippen molar-refractivity contribution in [1.82, 2.24) is 10.2 Å². The van der Waals surface area contributed by atoms with Gasteiger partial charge in [-0.25, -0.2) is 0 Å². The van der Waals surface area contributed by atoms with E-state index >= 15 is 0 Å². The molecule has 0 fully saturated rings. The molecule has 0 aliphatic carbocycles. The number of amides is 1. The van der Waals surface area contributed by atoms with Crippen LogP contribution >= 0.6 is 11.3 Å². The highest BCUT2D eigenvalue weighted by Gasteiger charge is 2.22. The Morgan fingerprint density at radius 1 is 1.50 bits per heavy atom. The SMILES string of the molecule is CCN(Cc1cccs1)C(CN)CC(=O)NC(C)(C)C. The van der Waals surface area contributed by atoms with Crippen LogP contribution in [0.5, 0.6) is 0 Å². The minimum atomic E-state index is -0.193. The molecule has 1 heterocycles. The van der Waals surface area contributed by atoms with Gasteiger partial charge in [0.15, 0.2) is 0 Å². The molecule has 0 aromatic carbocycles. The molecule has 1 rings (SSSR count). The zero-order valence-electron chi connectivity index (χ0n) is 13.0. The molecular weight excluding hydrogens is 270 g/mol. The van der Waals surface area contributed by atoms with Crippen LogP contribution in [0.2, 0.25) is 0 Å². The van der Waals surface area contributed by atoms with Crippen molar-refractivity contribution in [3.05, 3.63) is 22.4 Å². The van der Waals surface area contributed by atoms with Crippen molar-refractivity contribution < 1.29 is 4.79 Å². The summed E-state index contributed by atoms with van der Waals surface area (Å²) in [5.74, 6) is 0.0672. The van der Waals surface area contributed by atoms with Crippen molar-refractivity contribution in [3.63, 3.8) is 0 Å². The van der Waals surface area contributed by atoms with E-state index in [1.54, 1.807) is 11.3 Å². The van der Waals surface area contributed by atoms with E-state index in [1.165, 1.54) is 4.88 Å². The second kappa shape index (κ2) is 7.76. The predicted molar refractivity (Wildman–Crippen MR) is 85.8 cm³/mol. The van der Waals surface area contributed by atoms with Crippen LogP contribution in [0.25, 0.3) is 0 Å². The maximum atomic E-state index is 12.1. The molecule has 114 valence electrons. The summed E-state index contributed by atoms with van der Waals surface area (Å²) in [6.45, 7) is 10.3. The number of hydrogen-bond donors (Lipinski definition) is 2. The number of carbonyl (C=O) groups excluding carboxylic acids is 1. The van der Waals surface area contributed by atoms with Crippen molar-refractivity contribution in [2.24, 2.45) is 5.73 Å². The van der Waals surface area contributed by atoms with Crippen LogP contribution in [0.4, 0.5) is 0 Å². The fraction of sp³-hybridized carbons (Fsp3) is 0.667. The van der Waals surface area contributed by atoms with Crippen molar-refractivity contribution >= 4 is 17.2 Å². The molecule has 20 heavy (non-hydrogen) atoms. The van der Waals surface area contributed by atoms with E-state index < -0.39 is 0 Å². The largest absolute Gasteiger partial charge is 0.351 e. The van der Waals surface area contributed by atoms with Gasteiger partial charge in [-0.3, -0.25) is 9.69 Å². The summed E-state index contributed by atoms with van der Waals surface area (Å²) >= 11 is 1.74. The number of nitrogens with zero attached hydrogens (tertiary/aromatic N) is 1. The Bertz CT molecular complexity index is 398. The molecule has 1 aromatic heterocycles. The number of likely N-dealkylation sites (N-methyl/N-ethyl adjacent to an activating group) is 1. The fourth-order valence-corrected chi connectivity index (χ4v) is 2.88. The summed E-state index contributed by atoms with van der Waals surface area (Å²) < 4.78 is 0. The van der Waals surface area contributed by atoms with Crippen LogP contribution in [0.1, 0.15) is 39.0 Å². The van der Waals surface area contributed by atoms with Crippen LogP contribution in [0.3, 0.4) is 0 Å². The average Bonchev–Trinajstić information content (AvgIpc) is 2.84. The number of nitrogens with one attached hydrogen (secondary N) is 1. The number of thiophene rings is 1. The lowest BCUT2D eigenvalue weighted by atomic mass is 10.1. The minimum absolute atomic E-state index is 0.0672. The van der Waals surface area contributed by atoms with Gasteiger partial charge in [-0.15, -0.1) is 11.3 Å². The molecule has 1 unspecified atom stereocenters. The third-order valence-electron chi connectivity index (χ3n) is 3.07. The number of rotatable bonds is 7. The first kappa shape index (κ1) is 17.1. The van der Waals surface area contributed by atoms with Gasteiger partial charge < -0.3 is 11.1 Å². The molecular formula is C15H27N3OS. The number of hydrogen-bond acceptors (Lipinski definition) is 4. The standard InChI is InChI=1S/C15H27N3OS/c1-5-18(11-13-7-6-8-20-13)12(10-16)9-14(19)17-15(2,3)4/h6-8,12H,5,9-11,16H2,1-4H3,(H,17,19). The van der Waals surface area contributed by atoms with Crippen molar-refractivity contribution in [3.8, 4) is 0 Å². The first-order chi connectivity index (χ1) is 9.35. The van der Waals surface area contributed by atoms with Gasteiger partial charge in [0.05, 0.1) is 0 Å². The molecule has 3 N–H and O–H groups in total. The fourth-order valence-electron chi connectivity index (χ4n) is 2.15. The monoisotopic (exact) mass is 297 g/mol. The maximum absolute atomic E-state index is 12.1. The average molecular weight is 297 g/mol. The first-order valence-corrected chi connectivity index (χ1v) is 8.01. The zero-order chi connectivity index (χ0) is 15.2. The lowest BCUT2D eigenvalue weighted by molar-refractivity contribution is -0.123. The molecule has 1 atom stereocenters. The second-order valence-electron chi connectivity index (χ2n) is 6.03. The molecule has 0 spiro atoms. The van der Waals surface area contributed by atoms with Crippen LogP contribution in [-0.4, -0.2) is 35.5 Å². The first-order valence-electron chi connectivity index (χ1n) is 7.13. The highest BCUT2D eigenvalue weighted by molar-refractivity contribution is 7.09. The summed E-state index contributed by atoms with van der Waals surface area (Å²) in [7, 11) is 0. The second-order valence-corrected chi connectivity index (χ2v) is 7.07. The maximum Gasteiger partial charge on any atom is 0.222 e. The van der Waals surface area contributed by atoms with Gasteiger partial charge in [0, 0.05) is 36.0 Å². The van der Waals surface area contributed by atoms with Crippen LogP contribution in [0, 0.1) is 0 Å². The van der Waals surface area contributed by atoms with E-state index in [-0.39, 0.29) is 17.5 Å². The van der Waals surface area contributed by atoms with Gasteiger partial charge in [-0.2, -0.15) is 0 Å². The quantitative estimate of drug-likeness (QED) is 0.811. The van der Waals surface area contributed by atoms with Crippen molar-refractivity contribution in [2.45, 2.75) is 52.2 Å². The Labute approximate surface area is 126 Å². The Kier molecular flexibility index (Phi) is 6.65. The number of carbonyl (C=O) groups is 1. The molecule has 0 saturated heterocycles. The van der Waals surface area contributed by atoms with Crippen LogP contribution in [-0.2, 0) is 11.3 Å². The smallest absolute Gasteiger partial charge is 0.222 e. The van der Waals surface area contributed by atoms with E-state index in [2.05, 4.69) is 34.7 Å².